The quantitative estimate of drug-likeness (QED) is 0.574. The summed E-state index contributed by atoms with van der Waals surface area (Å²) in [5.74, 6) is 0. The summed E-state index contributed by atoms with van der Waals surface area (Å²) in [7, 11) is 0. The van der Waals surface area contributed by atoms with Crippen LogP contribution in [0.5, 0.6) is 0 Å². The van der Waals surface area contributed by atoms with Crippen LogP contribution < -0.4 is 56.8 Å². The summed E-state index contributed by atoms with van der Waals surface area (Å²) in [6.07, 6.45) is 4.53. The van der Waals surface area contributed by atoms with Gasteiger partial charge in [0.1, 0.15) is 0 Å². The minimum Gasteiger partial charge on any atom is -0.445 e. The average molecular weight is 239 g/mol. The van der Waals surface area contributed by atoms with E-state index >= 15 is 0 Å². The fraction of sp³-hybridized carbons (Fsp3) is 0.444. The fourth-order valence-electron chi connectivity index (χ4n) is 1.79. The Bertz CT molecular complexity index is 354. The van der Waals surface area contributed by atoms with Gasteiger partial charge in [0.25, 0.3) is 0 Å². The van der Waals surface area contributed by atoms with Crippen LogP contribution in [0.25, 0.3) is 0 Å². The van der Waals surface area contributed by atoms with Crippen molar-refractivity contribution in [2.24, 2.45) is 0 Å². The molecule has 1 aliphatic rings. The standard InChI is InChI=1S/C9H10BF3N.K/c11-10(12,13)8-5-7-3-1-2-4-9(7)14-6-8;/h5-6H,1-4H2;/q-1;+1. The maximum absolute atomic E-state index is 12.4. The van der Waals surface area contributed by atoms with E-state index in [0.29, 0.717) is 0 Å². The molecule has 0 aliphatic heterocycles. The van der Waals surface area contributed by atoms with Crippen LogP contribution >= 0.6 is 0 Å². The maximum atomic E-state index is 12.4. The summed E-state index contributed by atoms with van der Waals surface area (Å²) < 4.78 is 37.1. The Morgan fingerprint density at radius 1 is 1.13 bits per heavy atom. The third-order valence-corrected chi connectivity index (χ3v) is 2.57. The average Bonchev–Trinajstić information content (AvgIpc) is 2.16. The van der Waals surface area contributed by atoms with Gasteiger partial charge in [-0.2, -0.15) is 0 Å². The van der Waals surface area contributed by atoms with Crippen LogP contribution in [0.4, 0.5) is 12.9 Å². The van der Waals surface area contributed by atoms with E-state index in [1.54, 1.807) is 0 Å². The smallest absolute Gasteiger partial charge is 0.445 e. The third-order valence-electron chi connectivity index (χ3n) is 2.57. The summed E-state index contributed by atoms with van der Waals surface area (Å²) in [4.78, 5) is 3.88. The zero-order valence-corrected chi connectivity index (χ0v) is 11.8. The third kappa shape index (κ3) is 3.30. The van der Waals surface area contributed by atoms with Crippen LogP contribution in [-0.4, -0.2) is 12.0 Å². The van der Waals surface area contributed by atoms with E-state index < -0.39 is 12.4 Å². The number of aromatic nitrogens is 1. The van der Waals surface area contributed by atoms with Crippen molar-refractivity contribution in [2.45, 2.75) is 25.7 Å². The van der Waals surface area contributed by atoms with Crippen LogP contribution in [0.2, 0.25) is 0 Å². The van der Waals surface area contributed by atoms with Gasteiger partial charge in [-0.15, -0.1) is 0 Å². The molecule has 0 saturated carbocycles. The number of nitrogens with zero attached hydrogens (tertiary/aromatic N) is 1. The van der Waals surface area contributed by atoms with E-state index in [1.165, 1.54) is 6.07 Å². The summed E-state index contributed by atoms with van der Waals surface area (Å²) in [5, 5.41) is 0. The first kappa shape index (κ1) is 13.7. The van der Waals surface area contributed by atoms with Crippen molar-refractivity contribution >= 4 is 12.4 Å². The second-order valence-electron chi connectivity index (χ2n) is 3.66. The van der Waals surface area contributed by atoms with Gasteiger partial charge in [0.2, 0.25) is 0 Å². The Morgan fingerprint density at radius 3 is 2.47 bits per heavy atom. The van der Waals surface area contributed by atoms with Gasteiger partial charge in [-0.1, -0.05) is 11.5 Å². The maximum Gasteiger partial charge on any atom is 1.00 e. The summed E-state index contributed by atoms with van der Waals surface area (Å²) in [6.45, 7) is -4.89. The van der Waals surface area contributed by atoms with E-state index in [0.717, 1.165) is 43.1 Å². The van der Waals surface area contributed by atoms with Gasteiger partial charge in [0.05, 0.1) is 0 Å². The van der Waals surface area contributed by atoms with Crippen molar-refractivity contribution < 1.29 is 64.3 Å². The van der Waals surface area contributed by atoms with Crippen molar-refractivity contribution in [3.63, 3.8) is 0 Å². The van der Waals surface area contributed by atoms with Crippen LogP contribution in [0.1, 0.15) is 24.1 Å². The zero-order valence-electron chi connectivity index (χ0n) is 8.64. The Hall–Kier alpha value is 0.641. The summed E-state index contributed by atoms with van der Waals surface area (Å²) >= 11 is 0. The van der Waals surface area contributed by atoms with Crippen molar-refractivity contribution in [1.29, 1.82) is 0 Å². The van der Waals surface area contributed by atoms with Crippen molar-refractivity contribution in [3.05, 3.63) is 23.5 Å². The fourth-order valence-corrected chi connectivity index (χ4v) is 1.79. The van der Waals surface area contributed by atoms with Gasteiger partial charge in [-0.25, -0.2) is 0 Å². The van der Waals surface area contributed by atoms with Crippen LogP contribution in [0, 0.1) is 0 Å². The van der Waals surface area contributed by atoms with Gasteiger partial charge in [0, 0.05) is 11.9 Å². The number of hydrogen-bond donors (Lipinski definition) is 0. The van der Waals surface area contributed by atoms with Gasteiger partial charge in [0.15, 0.2) is 0 Å². The molecule has 6 heteroatoms. The molecule has 0 aromatic carbocycles. The van der Waals surface area contributed by atoms with Crippen LogP contribution in [0.3, 0.4) is 0 Å². The van der Waals surface area contributed by atoms with Gasteiger partial charge in [-0.05, 0) is 31.2 Å². The molecule has 1 aromatic rings. The monoisotopic (exact) mass is 239 g/mol. The van der Waals surface area contributed by atoms with E-state index in [-0.39, 0.29) is 51.4 Å². The Kier molecular flexibility index (Phi) is 4.86. The molecule has 76 valence electrons. The van der Waals surface area contributed by atoms with Crippen LogP contribution in [0.15, 0.2) is 12.3 Å². The number of hydrogen-bond acceptors (Lipinski definition) is 1. The molecule has 0 saturated heterocycles. The SMILES string of the molecule is F[B-](F)(F)c1cnc2c(c1)CCCC2.[K+]. The molecule has 0 spiro atoms. The number of pyridine rings is 1. The van der Waals surface area contributed by atoms with Gasteiger partial charge >= 0.3 is 58.4 Å². The molecule has 0 radical (unpaired) electrons. The van der Waals surface area contributed by atoms with E-state index in [2.05, 4.69) is 4.98 Å². The molecule has 1 aliphatic carbocycles. The first-order valence-electron chi connectivity index (χ1n) is 4.75. The molecule has 2 rings (SSSR count). The normalized spacial score (nSPS) is 15.4. The summed E-state index contributed by atoms with van der Waals surface area (Å²) in [5.41, 5.74) is 1.07. The predicted molar refractivity (Wildman–Crippen MR) is 49.6 cm³/mol. The van der Waals surface area contributed by atoms with Crippen molar-refractivity contribution in [3.8, 4) is 0 Å². The molecule has 0 atom stereocenters. The van der Waals surface area contributed by atoms with Crippen LogP contribution in [-0.2, 0) is 12.8 Å². The molecule has 0 amide bonds. The molecule has 0 bridgehead atoms. The van der Waals surface area contributed by atoms with E-state index in [9.17, 15) is 12.9 Å². The molecular weight excluding hydrogens is 229 g/mol. The molecule has 0 fully saturated rings. The topological polar surface area (TPSA) is 12.9 Å². The second-order valence-corrected chi connectivity index (χ2v) is 3.66. The first-order chi connectivity index (χ1) is 6.57. The van der Waals surface area contributed by atoms with Gasteiger partial charge in [-0.3, -0.25) is 4.98 Å². The minimum atomic E-state index is -4.89. The number of halogens is 3. The Balaban J connectivity index is 0.00000112. The van der Waals surface area contributed by atoms with Gasteiger partial charge < -0.3 is 12.9 Å². The number of fused-ring (bicyclic) bond motifs is 1. The molecular formula is C9H10BF3KN. The molecule has 0 unspecified atom stereocenters. The van der Waals surface area contributed by atoms with Crippen molar-refractivity contribution in [2.75, 3.05) is 0 Å². The van der Waals surface area contributed by atoms with Crippen molar-refractivity contribution in [1.82, 2.24) is 4.98 Å². The molecule has 15 heavy (non-hydrogen) atoms. The minimum absolute atomic E-state index is 0. The first-order valence-corrected chi connectivity index (χ1v) is 4.75. The molecule has 1 aromatic heterocycles. The Morgan fingerprint density at radius 2 is 1.80 bits per heavy atom. The number of rotatable bonds is 1. The largest absolute Gasteiger partial charge is 1.00 e. The second kappa shape index (κ2) is 5.31. The molecule has 1 nitrogen and oxygen atoms in total. The Labute approximate surface area is 129 Å². The van der Waals surface area contributed by atoms with E-state index in [4.69, 9.17) is 0 Å². The molecule has 0 N–H and O–H groups in total. The predicted octanol–water partition coefficient (Wildman–Crippen LogP) is -0.981. The molecule has 1 heterocycles. The summed E-state index contributed by atoms with van der Waals surface area (Å²) in [6, 6.07) is 1.27. The number of aryl methyl sites for hydroxylation is 2. The van der Waals surface area contributed by atoms with E-state index in [1.807, 2.05) is 0 Å². The zero-order chi connectivity index (χ0) is 10.2.